The molecule has 0 aromatic heterocycles. The van der Waals surface area contributed by atoms with Crippen LogP contribution in [0.15, 0.2) is 54.1 Å². The summed E-state index contributed by atoms with van der Waals surface area (Å²) in [5.74, 6) is -1.03. The number of aliphatic hydroxyl groups is 1. The van der Waals surface area contributed by atoms with Crippen LogP contribution in [0.2, 0.25) is 5.02 Å². The molecule has 6 nitrogen and oxygen atoms in total. The third-order valence-electron chi connectivity index (χ3n) is 5.03. The van der Waals surface area contributed by atoms with Crippen molar-refractivity contribution in [2.24, 2.45) is 0 Å². The largest absolute Gasteiger partial charge is 0.507 e. The Bertz CT molecular complexity index is 987. The molecule has 0 saturated carbocycles. The van der Waals surface area contributed by atoms with Crippen molar-refractivity contribution >= 4 is 29.1 Å². The summed E-state index contributed by atoms with van der Waals surface area (Å²) in [5.41, 5.74) is 1.11. The number of hydrogen-bond acceptors (Lipinski definition) is 5. The van der Waals surface area contributed by atoms with E-state index in [4.69, 9.17) is 21.1 Å². The van der Waals surface area contributed by atoms with E-state index < -0.39 is 17.7 Å². The molecule has 164 valence electrons. The van der Waals surface area contributed by atoms with Crippen LogP contribution in [-0.4, -0.2) is 48.6 Å². The van der Waals surface area contributed by atoms with E-state index in [0.29, 0.717) is 48.1 Å². The summed E-state index contributed by atoms with van der Waals surface area (Å²) < 4.78 is 10.7. The first-order valence-electron chi connectivity index (χ1n) is 10.2. The molecule has 2 aromatic rings. The Morgan fingerprint density at radius 3 is 2.61 bits per heavy atom. The number of hydrogen-bond donors (Lipinski definition) is 1. The number of amides is 1. The average molecular weight is 444 g/mol. The van der Waals surface area contributed by atoms with Gasteiger partial charge < -0.3 is 19.5 Å². The lowest BCUT2D eigenvalue weighted by atomic mass is 9.95. The first-order chi connectivity index (χ1) is 15.0. The van der Waals surface area contributed by atoms with Crippen molar-refractivity contribution in [3.05, 3.63) is 70.3 Å². The predicted octanol–water partition coefficient (Wildman–Crippen LogP) is 4.59. The summed E-state index contributed by atoms with van der Waals surface area (Å²) in [4.78, 5) is 27.3. The molecule has 7 heteroatoms. The molecule has 1 heterocycles. The lowest BCUT2D eigenvalue weighted by Crippen LogP contribution is -2.31. The second-order valence-corrected chi connectivity index (χ2v) is 7.71. The quantitative estimate of drug-likeness (QED) is 0.265. The smallest absolute Gasteiger partial charge is 0.295 e. The maximum atomic E-state index is 13.0. The molecule has 0 spiro atoms. The van der Waals surface area contributed by atoms with Crippen molar-refractivity contribution in [3.8, 4) is 5.75 Å². The first-order valence-corrected chi connectivity index (χ1v) is 10.6. The van der Waals surface area contributed by atoms with Crippen molar-refractivity contribution in [1.82, 2.24) is 4.90 Å². The van der Waals surface area contributed by atoms with Crippen LogP contribution in [0.4, 0.5) is 0 Å². The molecule has 1 atom stereocenters. The van der Waals surface area contributed by atoms with Gasteiger partial charge in [-0.05, 0) is 42.7 Å². The number of halogens is 1. The van der Waals surface area contributed by atoms with Crippen LogP contribution in [0.1, 0.15) is 36.9 Å². The van der Waals surface area contributed by atoms with Gasteiger partial charge in [0, 0.05) is 30.8 Å². The molecule has 3 rings (SSSR count). The Balaban J connectivity index is 2.08. The van der Waals surface area contributed by atoms with Gasteiger partial charge in [-0.15, -0.1) is 0 Å². The van der Waals surface area contributed by atoms with Crippen molar-refractivity contribution in [2.45, 2.75) is 25.8 Å². The van der Waals surface area contributed by atoms with E-state index >= 15 is 0 Å². The van der Waals surface area contributed by atoms with Crippen LogP contribution in [0.25, 0.3) is 5.76 Å². The summed E-state index contributed by atoms with van der Waals surface area (Å²) in [6.07, 6.45) is 1.40. The highest BCUT2D eigenvalue weighted by Crippen LogP contribution is 2.40. The minimum Gasteiger partial charge on any atom is -0.507 e. The zero-order valence-electron chi connectivity index (χ0n) is 17.6. The number of carbonyl (C=O) groups excluding carboxylic acids is 2. The van der Waals surface area contributed by atoms with Gasteiger partial charge in [0.05, 0.1) is 18.2 Å². The van der Waals surface area contributed by atoms with E-state index in [0.717, 1.165) is 6.42 Å². The molecule has 0 bridgehead atoms. The molecular weight excluding hydrogens is 418 g/mol. The Labute approximate surface area is 187 Å². The first kappa shape index (κ1) is 22.8. The molecule has 31 heavy (non-hydrogen) atoms. The molecular formula is C24H26ClNO5. The number of benzene rings is 2. The fraction of sp³-hybridized carbons (Fsp3) is 0.333. The van der Waals surface area contributed by atoms with Gasteiger partial charge >= 0.3 is 0 Å². The van der Waals surface area contributed by atoms with Crippen LogP contribution in [-0.2, 0) is 14.3 Å². The number of methoxy groups -OCH3 is 1. The molecule has 1 amide bonds. The zero-order valence-corrected chi connectivity index (χ0v) is 18.4. The highest BCUT2D eigenvalue weighted by atomic mass is 35.5. The lowest BCUT2D eigenvalue weighted by molar-refractivity contribution is -0.140. The van der Waals surface area contributed by atoms with Crippen LogP contribution < -0.4 is 4.74 Å². The van der Waals surface area contributed by atoms with Gasteiger partial charge in [0.2, 0.25) is 0 Å². The van der Waals surface area contributed by atoms with E-state index in [1.807, 2.05) is 6.92 Å². The molecule has 0 aliphatic carbocycles. The Morgan fingerprint density at radius 2 is 1.90 bits per heavy atom. The topological polar surface area (TPSA) is 76.1 Å². The minimum absolute atomic E-state index is 0.0392. The normalized spacial score (nSPS) is 17.9. The SMILES string of the molecule is CCCOc1cccc(/C(O)=C2\C(=O)C(=O)N(CCCOC)C2c2cccc(Cl)c2)c1. The average Bonchev–Trinajstić information content (AvgIpc) is 3.02. The summed E-state index contributed by atoms with van der Waals surface area (Å²) in [7, 11) is 1.58. The fourth-order valence-electron chi connectivity index (χ4n) is 3.62. The van der Waals surface area contributed by atoms with E-state index in [2.05, 4.69) is 0 Å². The van der Waals surface area contributed by atoms with Crippen molar-refractivity contribution in [2.75, 3.05) is 26.9 Å². The molecule has 2 aromatic carbocycles. The van der Waals surface area contributed by atoms with Gasteiger partial charge in [-0.25, -0.2) is 0 Å². The molecule has 1 saturated heterocycles. The number of Topliss-reactive ketones (excluding diaryl/α,β-unsaturated/α-hetero) is 1. The predicted molar refractivity (Wildman–Crippen MR) is 119 cm³/mol. The van der Waals surface area contributed by atoms with Gasteiger partial charge in [0.15, 0.2) is 0 Å². The van der Waals surface area contributed by atoms with Gasteiger partial charge in [0.1, 0.15) is 11.5 Å². The van der Waals surface area contributed by atoms with Gasteiger partial charge in [-0.3, -0.25) is 9.59 Å². The van der Waals surface area contributed by atoms with E-state index in [1.54, 1.807) is 55.6 Å². The van der Waals surface area contributed by atoms with Crippen molar-refractivity contribution in [1.29, 1.82) is 0 Å². The van der Waals surface area contributed by atoms with E-state index in [9.17, 15) is 14.7 Å². The second-order valence-electron chi connectivity index (χ2n) is 7.27. The third kappa shape index (κ3) is 5.09. The standard InChI is InChI=1S/C24H26ClNO5/c1-3-12-31-19-10-5-8-17(15-19)22(27)20-21(16-7-4-9-18(25)14-16)26(11-6-13-30-2)24(29)23(20)28/h4-5,7-10,14-15,21,27H,3,6,11-13H2,1-2H3/b22-20+. The second kappa shape index (κ2) is 10.5. The van der Waals surface area contributed by atoms with Gasteiger partial charge in [-0.2, -0.15) is 0 Å². The number of likely N-dealkylation sites (tertiary alicyclic amines) is 1. The maximum absolute atomic E-state index is 13.0. The Morgan fingerprint density at radius 1 is 1.13 bits per heavy atom. The minimum atomic E-state index is -0.740. The van der Waals surface area contributed by atoms with Crippen LogP contribution in [0.5, 0.6) is 5.75 Å². The molecule has 1 aliphatic rings. The Kier molecular flexibility index (Phi) is 7.71. The number of nitrogens with zero attached hydrogens (tertiary/aromatic N) is 1. The maximum Gasteiger partial charge on any atom is 0.295 e. The molecule has 1 unspecified atom stereocenters. The third-order valence-corrected chi connectivity index (χ3v) is 5.27. The Hall–Kier alpha value is -2.83. The summed E-state index contributed by atoms with van der Waals surface area (Å²) in [5, 5.41) is 11.6. The van der Waals surface area contributed by atoms with Crippen LogP contribution in [0.3, 0.4) is 0 Å². The summed E-state index contributed by atoms with van der Waals surface area (Å²) in [6.45, 7) is 3.30. The van der Waals surface area contributed by atoms with Gasteiger partial charge in [0.25, 0.3) is 11.7 Å². The van der Waals surface area contributed by atoms with Crippen LogP contribution >= 0.6 is 11.6 Å². The highest BCUT2D eigenvalue weighted by molar-refractivity contribution is 6.46. The molecule has 1 N–H and O–H groups in total. The lowest BCUT2D eigenvalue weighted by Gasteiger charge is -2.25. The number of aliphatic hydroxyl groups excluding tert-OH is 1. The number of ether oxygens (including phenoxy) is 2. The highest BCUT2D eigenvalue weighted by Gasteiger charge is 2.45. The molecule has 0 radical (unpaired) electrons. The molecule has 1 aliphatic heterocycles. The van der Waals surface area contributed by atoms with E-state index in [1.165, 1.54) is 4.90 Å². The van der Waals surface area contributed by atoms with E-state index in [-0.39, 0.29) is 11.3 Å². The van der Waals surface area contributed by atoms with Gasteiger partial charge in [-0.1, -0.05) is 42.8 Å². The summed E-state index contributed by atoms with van der Waals surface area (Å²) >= 11 is 6.18. The zero-order chi connectivity index (χ0) is 22.4. The molecule has 1 fully saturated rings. The summed E-state index contributed by atoms with van der Waals surface area (Å²) in [6, 6.07) is 13.1. The number of ketones is 1. The number of rotatable bonds is 9. The van der Waals surface area contributed by atoms with Crippen LogP contribution in [0, 0.1) is 0 Å². The van der Waals surface area contributed by atoms with Crippen molar-refractivity contribution in [3.63, 3.8) is 0 Å². The number of carbonyl (C=O) groups is 2. The fourth-order valence-corrected chi connectivity index (χ4v) is 3.82. The van der Waals surface area contributed by atoms with Crippen molar-refractivity contribution < 1.29 is 24.2 Å². The monoisotopic (exact) mass is 443 g/mol.